The largest absolute Gasteiger partial charge is 0.352 e. The van der Waals surface area contributed by atoms with Crippen LogP contribution in [0.25, 0.3) is 0 Å². The van der Waals surface area contributed by atoms with E-state index in [-0.39, 0.29) is 17.9 Å². The molecule has 1 aliphatic rings. The van der Waals surface area contributed by atoms with E-state index in [1.54, 1.807) is 6.92 Å². The number of hydrogen-bond donors (Lipinski definition) is 1. The molecule has 0 saturated carbocycles. The Morgan fingerprint density at radius 1 is 1.23 bits per heavy atom. The van der Waals surface area contributed by atoms with E-state index in [0.29, 0.717) is 13.1 Å². The lowest BCUT2D eigenvalue weighted by Gasteiger charge is -2.32. The van der Waals surface area contributed by atoms with Gasteiger partial charge in [-0.25, -0.2) is 0 Å². The molecule has 0 bridgehead atoms. The third kappa shape index (κ3) is 4.01. The number of carbonyl (C=O) groups is 2. The van der Waals surface area contributed by atoms with Gasteiger partial charge in [0.25, 0.3) is 5.91 Å². The maximum absolute atomic E-state index is 12.5. The molecular weight excluding hydrogens is 300 g/mol. The summed E-state index contributed by atoms with van der Waals surface area (Å²) in [6, 6.07) is 5.92. The zero-order valence-electron chi connectivity index (χ0n) is 13.4. The zero-order chi connectivity index (χ0) is 16.3. The highest BCUT2D eigenvalue weighted by molar-refractivity contribution is 6.30. The van der Waals surface area contributed by atoms with Crippen LogP contribution in [0.2, 0.25) is 0 Å². The number of halogens is 1. The highest BCUT2D eigenvalue weighted by atomic mass is 35.5. The normalized spacial score (nSPS) is 17.2. The molecule has 22 heavy (non-hydrogen) atoms. The molecule has 5 heteroatoms. The molecule has 4 nitrogen and oxygen atoms in total. The average molecular weight is 323 g/mol. The predicted molar refractivity (Wildman–Crippen MR) is 88.3 cm³/mol. The Morgan fingerprint density at radius 3 is 2.41 bits per heavy atom. The summed E-state index contributed by atoms with van der Waals surface area (Å²) in [7, 11) is 0. The van der Waals surface area contributed by atoms with Crippen LogP contribution < -0.4 is 5.32 Å². The summed E-state index contributed by atoms with van der Waals surface area (Å²) in [5, 5.41) is 2.41. The minimum atomic E-state index is -0.518. The molecule has 1 fully saturated rings. The zero-order valence-corrected chi connectivity index (χ0v) is 14.1. The Kier molecular flexibility index (Phi) is 5.46. The fourth-order valence-electron chi connectivity index (χ4n) is 2.60. The number of amides is 2. The van der Waals surface area contributed by atoms with E-state index in [0.717, 1.165) is 24.0 Å². The van der Waals surface area contributed by atoms with E-state index < -0.39 is 5.38 Å². The SMILES string of the molecule is Cc1ccc(C(=O)N2CCC(NC(=O)C(C)Cl)CC2)cc1C. The summed E-state index contributed by atoms with van der Waals surface area (Å²) in [4.78, 5) is 26.0. The van der Waals surface area contributed by atoms with Gasteiger partial charge < -0.3 is 10.2 Å². The molecule has 0 radical (unpaired) electrons. The molecule has 120 valence electrons. The minimum Gasteiger partial charge on any atom is -0.352 e. The lowest BCUT2D eigenvalue weighted by molar-refractivity contribution is -0.121. The Morgan fingerprint density at radius 2 is 1.86 bits per heavy atom. The fraction of sp³-hybridized carbons (Fsp3) is 0.529. The van der Waals surface area contributed by atoms with Crippen molar-refractivity contribution in [2.24, 2.45) is 0 Å². The van der Waals surface area contributed by atoms with Gasteiger partial charge in [0, 0.05) is 24.7 Å². The van der Waals surface area contributed by atoms with Crippen molar-refractivity contribution in [1.82, 2.24) is 10.2 Å². The third-order valence-corrected chi connectivity index (χ3v) is 4.44. The van der Waals surface area contributed by atoms with Gasteiger partial charge in [0.1, 0.15) is 5.38 Å². The molecular formula is C17H23ClN2O2. The molecule has 1 aliphatic heterocycles. The van der Waals surface area contributed by atoms with E-state index in [2.05, 4.69) is 5.32 Å². The van der Waals surface area contributed by atoms with Crippen molar-refractivity contribution in [3.05, 3.63) is 34.9 Å². The van der Waals surface area contributed by atoms with Crippen LogP contribution in [-0.2, 0) is 4.79 Å². The minimum absolute atomic E-state index is 0.0681. The van der Waals surface area contributed by atoms with Gasteiger partial charge in [0.05, 0.1) is 0 Å². The van der Waals surface area contributed by atoms with Crippen LogP contribution in [0.1, 0.15) is 41.3 Å². The van der Waals surface area contributed by atoms with Crippen LogP contribution in [0.3, 0.4) is 0 Å². The molecule has 1 heterocycles. The van der Waals surface area contributed by atoms with Gasteiger partial charge in [-0.05, 0) is 56.9 Å². The second-order valence-electron chi connectivity index (χ2n) is 5.99. The topological polar surface area (TPSA) is 49.4 Å². The van der Waals surface area contributed by atoms with Crippen LogP contribution >= 0.6 is 11.6 Å². The molecule has 0 aliphatic carbocycles. The monoisotopic (exact) mass is 322 g/mol. The number of likely N-dealkylation sites (tertiary alicyclic amines) is 1. The second kappa shape index (κ2) is 7.14. The van der Waals surface area contributed by atoms with Gasteiger partial charge in [-0.3, -0.25) is 9.59 Å². The van der Waals surface area contributed by atoms with E-state index in [1.165, 1.54) is 5.56 Å². The fourth-order valence-corrected chi connectivity index (χ4v) is 2.66. The van der Waals surface area contributed by atoms with Gasteiger partial charge in [0.2, 0.25) is 5.91 Å². The molecule has 1 saturated heterocycles. The van der Waals surface area contributed by atoms with Crippen molar-refractivity contribution >= 4 is 23.4 Å². The summed E-state index contributed by atoms with van der Waals surface area (Å²) in [6.07, 6.45) is 1.54. The van der Waals surface area contributed by atoms with E-state index in [4.69, 9.17) is 11.6 Å². The standard InChI is InChI=1S/C17H23ClN2O2/c1-11-4-5-14(10-12(11)2)17(22)20-8-6-15(7-9-20)19-16(21)13(3)18/h4-5,10,13,15H,6-9H2,1-3H3,(H,19,21). The van der Waals surface area contributed by atoms with Crippen molar-refractivity contribution < 1.29 is 9.59 Å². The third-order valence-electron chi connectivity index (χ3n) is 4.24. The highest BCUT2D eigenvalue weighted by Gasteiger charge is 2.25. The molecule has 2 amide bonds. The number of piperidine rings is 1. The maximum atomic E-state index is 12.5. The maximum Gasteiger partial charge on any atom is 0.253 e. The smallest absolute Gasteiger partial charge is 0.253 e. The first-order valence-electron chi connectivity index (χ1n) is 7.69. The molecule has 1 N–H and O–H groups in total. The van der Waals surface area contributed by atoms with Crippen LogP contribution in [0.4, 0.5) is 0 Å². The van der Waals surface area contributed by atoms with Crippen molar-refractivity contribution in [1.29, 1.82) is 0 Å². The van der Waals surface area contributed by atoms with Gasteiger partial charge in [0.15, 0.2) is 0 Å². The van der Waals surface area contributed by atoms with Crippen LogP contribution in [-0.4, -0.2) is 41.2 Å². The van der Waals surface area contributed by atoms with E-state index in [1.807, 2.05) is 36.9 Å². The summed E-state index contributed by atoms with van der Waals surface area (Å²) < 4.78 is 0. The number of nitrogens with zero attached hydrogens (tertiary/aromatic N) is 1. The van der Waals surface area contributed by atoms with Crippen molar-refractivity contribution in [3.63, 3.8) is 0 Å². The van der Waals surface area contributed by atoms with Crippen molar-refractivity contribution in [2.75, 3.05) is 13.1 Å². The molecule has 1 aromatic carbocycles. The predicted octanol–water partition coefficient (Wildman–Crippen LogP) is 2.65. The number of benzene rings is 1. The summed E-state index contributed by atoms with van der Waals surface area (Å²) in [6.45, 7) is 7.03. The van der Waals surface area contributed by atoms with Crippen LogP contribution in [0.5, 0.6) is 0 Å². The molecule has 1 aromatic rings. The van der Waals surface area contributed by atoms with Gasteiger partial charge >= 0.3 is 0 Å². The Balaban J connectivity index is 1.92. The Bertz CT molecular complexity index is 564. The van der Waals surface area contributed by atoms with Crippen molar-refractivity contribution in [2.45, 2.75) is 45.0 Å². The summed E-state index contributed by atoms with van der Waals surface area (Å²) in [5.41, 5.74) is 3.05. The highest BCUT2D eigenvalue weighted by Crippen LogP contribution is 2.16. The lowest BCUT2D eigenvalue weighted by atomic mass is 10.0. The first-order chi connectivity index (χ1) is 10.4. The van der Waals surface area contributed by atoms with Crippen LogP contribution in [0.15, 0.2) is 18.2 Å². The summed E-state index contributed by atoms with van der Waals surface area (Å²) in [5.74, 6) is -0.0702. The number of alkyl halides is 1. The second-order valence-corrected chi connectivity index (χ2v) is 6.64. The molecule has 2 rings (SSSR count). The summed E-state index contributed by atoms with van der Waals surface area (Å²) >= 11 is 5.76. The van der Waals surface area contributed by atoms with E-state index in [9.17, 15) is 9.59 Å². The number of aryl methyl sites for hydroxylation is 2. The number of rotatable bonds is 3. The molecule has 1 atom stereocenters. The van der Waals surface area contributed by atoms with Crippen molar-refractivity contribution in [3.8, 4) is 0 Å². The van der Waals surface area contributed by atoms with Gasteiger partial charge in [-0.15, -0.1) is 11.6 Å². The van der Waals surface area contributed by atoms with Crippen LogP contribution in [0, 0.1) is 13.8 Å². The Hall–Kier alpha value is -1.55. The van der Waals surface area contributed by atoms with Gasteiger partial charge in [-0.1, -0.05) is 6.07 Å². The quantitative estimate of drug-likeness (QED) is 0.870. The molecule has 0 spiro atoms. The first kappa shape index (κ1) is 16.8. The lowest BCUT2D eigenvalue weighted by Crippen LogP contribution is -2.47. The van der Waals surface area contributed by atoms with E-state index >= 15 is 0 Å². The first-order valence-corrected chi connectivity index (χ1v) is 8.13. The Labute approximate surface area is 136 Å². The molecule has 1 unspecified atom stereocenters. The number of hydrogen-bond acceptors (Lipinski definition) is 2. The molecule has 0 aromatic heterocycles. The average Bonchev–Trinajstić information content (AvgIpc) is 2.50. The number of carbonyl (C=O) groups excluding carboxylic acids is 2. The van der Waals surface area contributed by atoms with Gasteiger partial charge in [-0.2, -0.15) is 0 Å². The number of nitrogens with one attached hydrogen (secondary N) is 1.